The van der Waals surface area contributed by atoms with Crippen molar-refractivity contribution < 1.29 is 14.0 Å². The first-order valence-electron chi connectivity index (χ1n) is 9.22. The van der Waals surface area contributed by atoms with Crippen molar-refractivity contribution in [3.63, 3.8) is 0 Å². The summed E-state index contributed by atoms with van der Waals surface area (Å²) >= 11 is 0. The zero-order chi connectivity index (χ0) is 19.6. The van der Waals surface area contributed by atoms with Gasteiger partial charge in [-0.1, -0.05) is 19.9 Å². The number of carbonyl (C=O) groups is 2. The van der Waals surface area contributed by atoms with Crippen molar-refractivity contribution in [1.82, 2.24) is 4.90 Å². The predicted octanol–water partition coefficient (Wildman–Crippen LogP) is 4.14. The van der Waals surface area contributed by atoms with Crippen molar-refractivity contribution in [1.29, 1.82) is 0 Å². The van der Waals surface area contributed by atoms with Crippen LogP contribution < -0.4 is 10.6 Å². The SMILES string of the molecule is CCCN(CCC)C(=O)c1cccc(NC(=O)CNc2ccc(F)cc2)c1. The summed E-state index contributed by atoms with van der Waals surface area (Å²) in [4.78, 5) is 26.6. The molecule has 0 aromatic heterocycles. The lowest BCUT2D eigenvalue weighted by molar-refractivity contribution is -0.114. The van der Waals surface area contributed by atoms with Gasteiger partial charge in [0.05, 0.1) is 6.54 Å². The minimum Gasteiger partial charge on any atom is -0.376 e. The molecule has 6 heteroatoms. The smallest absolute Gasteiger partial charge is 0.253 e. The van der Waals surface area contributed by atoms with Crippen molar-refractivity contribution >= 4 is 23.2 Å². The van der Waals surface area contributed by atoms with Crippen molar-refractivity contribution in [2.75, 3.05) is 30.3 Å². The Hall–Kier alpha value is -2.89. The second kappa shape index (κ2) is 10.3. The Morgan fingerprint density at radius 1 is 0.963 bits per heavy atom. The molecule has 2 aromatic carbocycles. The molecule has 0 heterocycles. The quantitative estimate of drug-likeness (QED) is 0.696. The monoisotopic (exact) mass is 371 g/mol. The van der Waals surface area contributed by atoms with E-state index < -0.39 is 0 Å². The molecule has 2 amide bonds. The van der Waals surface area contributed by atoms with Crippen molar-refractivity contribution in [3.8, 4) is 0 Å². The standard InChI is InChI=1S/C21H26FN3O2/c1-3-12-25(13-4-2)21(27)16-6-5-7-19(14-16)24-20(26)15-23-18-10-8-17(22)9-11-18/h5-11,14,23H,3-4,12-13,15H2,1-2H3,(H,24,26). The van der Waals surface area contributed by atoms with E-state index in [-0.39, 0.29) is 24.2 Å². The van der Waals surface area contributed by atoms with Gasteiger partial charge in [-0.15, -0.1) is 0 Å². The number of carbonyl (C=O) groups excluding carboxylic acids is 2. The molecule has 0 atom stereocenters. The average molecular weight is 371 g/mol. The van der Waals surface area contributed by atoms with Gasteiger partial charge in [-0.3, -0.25) is 9.59 Å². The largest absolute Gasteiger partial charge is 0.376 e. The maximum absolute atomic E-state index is 12.9. The topological polar surface area (TPSA) is 61.4 Å². The van der Waals surface area contributed by atoms with Crippen LogP contribution in [0.1, 0.15) is 37.0 Å². The second-order valence-electron chi connectivity index (χ2n) is 6.28. The summed E-state index contributed by atoms with van der Waals surface area (Å²) in [6, 6.07) is 12.7. The minimum atomic E-state index is -0.327. The zero-order valence-corrected chi connectivity index (χ0v) is 15.8. The lowest BCUT2D eigenvalue weighted by Crippen LogP contribution is -2.32. The molecule has 2 N–H and O–H groups in total. The second-order valence-corrected chi connectivity index (χ2v) is 6.28. The van der Waals surface area contributed by atoms with Crippen LogP contribution in [0, 0.1) is 5.82 Å². The van der Waals surface area contributed by atoms with Crippen LogP contribution in [0.3, 0.4) is 0 Å². The number of amides is 2. The number of nitrogens with zero attached hydrogens (tertiary/aromatic N) is 1. The number of halogens is 1. The lowest BCUT2D eigenvalue weighted by atomic mass is 10.1. The van der Waals surface area contributed by atoms with E-state index in [0.717, 1.165) is 12.8 Å². The summed E-state index contributed by atoms with van der Waals surface area (Å²) in [5.74, 6) is -0.603. The number of anilines is 2. The molecule has 0 aliphatic heterocycles. The van der Waals surface area contributed by atoms with E-state index in [4.69, 9.17) is 0 Å². The number of nitrogens with one attached hydrogen (secondary N) is 2. The number of hydrogen-bond donors (Lipinski definition) is 2. The van der Waals surface area contributed by atoms with E-state index in [1.807, 2.05) is 18.7 Å². The zero-order valence-electron chi connectivity index (χ0n) is 15.8. The molecule has 2 aromatic rings. The fourth-order valence-corrected chi connectivity index (χ4v) is 2.72. The number of hydrogen-bond acceptors (Lipinski definition) is 3. The lowest BCUT2D eigenvalue weighted by Gasteiger charge is -2.21. The molecule has 0 saturated carbocycles. The molecule has 0 radical (unpaired) electrons. The van der Waals surface area contributed by atoms with Crippen LogP contribution in [-0.4, -0.2) is 36.3 Å². The van der Waals surface area contributed by atoms with E-state index in [1.165, 1.54) is 12.1 Å². The van der Waals surface area contributed by atoms with Crippen LogP contribution in [0.4, 0.5) is 15.8 Å². The molecule has 0 aliphatic rings. The van der Waals surface area contributed by atoms with Gasteiger partial charge in [-0.05, 0) is 55.3 Å². The van der Waals surface area contributed by atoms with Gasteiger partial charge in [0.1, 0.15) is 5.82 Å². The summed E-state index contributed by atoms with van der Waals surface area (Å²) < 4.78 is 12.9. The normalized spacial score (nSPS) is 10.3. The number of rotatable bonds is 9. The predicted molar refractivity (Wildman–Crippen MR) is 106 cm³/mol. The first-order chi connectivity index (χ1) is 13.0. The highest BCUT2D eigenvalue weighted by molar-refractivity contribution is 5.98. The third-order valence-corrected chi connectivity index (χ3v) is 3.96. The summed E-state index contributed by atoms with van der Waals surface area (Å²) in [5.41, 5.74) is 1.78. The molecule has 27 heavy (non-hydrogen) atoms. The molecule has 2 rings (SSSR count). The summed E-state index contributed by atoms with van der Waals surface area (Å²) in [7, 11) is 0. The van der Waals surface area contributed by atoms with Gasteiger partial charge >= 0.3 is 0 Å². The molecule has 0 saturated heterocycles. The van der Waals surface area contributed by atoms with Crippen LogP contribution in [0.25, 0.3) is 0 Å². The highest BCUT2D eigenvalue weighted by atomic mass is 19.1. The molecule has 0 spiro atoms. The van der Waals surface area contributed by atoms with Crippen LogP contribution >= 0.6 is 0 Å². The van der Waals surface area contributed by atoms with Gasteiger partial charge in [0.2, 0.25) is 5.91 Å². The Morgan fingerprint density at radius 3 is 2.26 bits per heavy atom. The van der Waals surface area contributed by atoms with Crippen LogP contribution in [-0.2, 0) is 4.79 Å². The fraction of sp³-hybridized carbons (Fsp3) is 0.333. The molecular weight excluding hydrogens is 345 g/mol. The maximum atomic E-state index is 12.9. The average Bonchev–Trinajstić information content (AvgIpc) is 2.67. The molecule has 0 bridgehead atoms. The highest BCUT2D eigenvalue weighted by Crippen LogP contribution is 2.14. The molecule has 0 fully saturated rings. The van der Waals surface area contributed by atoms with Gasteiger partial charge in [0.15, 0.2) is 0 Å². The first kappa shape index (κ1) is 20.4. The van der Waals surface area contributed by atoms with Gasteiger partial charge in [0, 0.05) is 30.0 Å². The Bertz CT molecular complexity index is 756. The maximum Gasteiger partial charge on any atom is 0.253 e. The molecule has 0 aliphatic carbocycles. The Kier molecular flexibility index (Phi) is 7.79. The third kappa shape index (κ3) is 6.40. The van der Waals surface area contributed by atoms with Crippen LogP contribution in [0.15, 0.2) is 48.5 Å². The summed E-state index contributed by atoms with van der Waals surface area (Å²) in [6.45, 7) is 5.55. The summed E-state index contributed by atoms with van der Waals surface area (Å²) in [5, 5.41) is 5.70. The number of benzene rings is 2. The van der Waals surface area contributed by atoms with Crippen LogP contribution in [0.5, 0.6) is 0 Å². The van der Waals surface area contributed by atoms with E-state index in [1.54, 1.807) is 36.4 Å². The van der Waals surface area contributed by atoms with Crippen LogP contribution in [0.2, 0.25) is 0 Å². The fourth-order valence-electron chi connectivity index (χ4n) is 2.72. The molecular formula is C21H26FN3O2. The third-order valence-electron chi connectivity index (χ3n) is 3.96. The van der Waals surface area contributed by atoms with E-state index in [0.29, 0.717) is 30.0 Å². The van der Waals surface area contributed by atoms with Crippen molar-refractivity contribution in [2.45, 2.75) is 26.7 Å². The van der Waals surface area contributed by atoms with Gasteiger partial charge in [0.25, 0.3) is 5.91 Å². The van der Waals surface area contributed by atoms with Gasteiger partial charge in [-0.2, -0.15) is 0 Å². The Labute approximate surface area is 159 Å². The highest BCUT2D eigenvalue weighted by Gasteiger charge is 2.15. The Morgan fingerprint density at radius 2 is 1.63 bits per heavy atom. The molecule has 5 nitrogen and oxygen atoms in total. The molecule has 0 unspecified atom stereocenters. The van der Waals surface area contributed by atoms with E-state index in [9.17, 15) is 14.0 Å². The van der Waals surface area contributed by atoms with Crippen molar-refractivity contribution in [3.05, 3.63) is 59.9 Å². The summed E-state index contributed by atoms with van der Waals surface area (Å²) in [6.07, 6.45) is 1.80. The Balaban J connectivity index is 1.96. The van der Waals surface area contributed by atoms with E-state index in [2.05, 4.69) is 10.6 Å². The van der Waals surface area contributed by atoms with E-state index >= 15 is 0 Å². The minimum absolute atomic E-state index is 0.0285. The first-order valence-corrected chi connectivity index (χ1v) is 9.22. The van der Waals surface area contributed by atoms with Gasteiger partial charge < -0.3 is 15.5 Å². The molecule has 144 valence electrons. The van der Waals surface area contributed by atoms with Crippen molar-refractivity contribution in [2.24, 2.45) is 0 Å². The van der Waals surface area contributed by atoms with Gasteiger partial charge in [-0.25, -0.2) is 4.39 Å².